The zero-order chi connectivity index (χ0) is 14.4. The highest BCUT2D eigenvalue weighted by Gasteiger charge is 2.04. The van der Waals surface area contributed by atoms with Crippen LogP contribution in [0.4, 0.5) is 5.69 Å². The molecule has 1 N–H and O–H groups in total. The van der Waals surface area contributed by atoms with Crippen molar-refractivity contribution in [3.63, 3.8) is 0 Å². The molecule has 2 aromatic rings. The van der Waals surface area contributed by atoms with Crippen LogP contribution < -0.4 is 5.32 Å². The van der Waals surface area contributed by atoms with Crippen LogP contribution in [0.3, 0.4) is 0 Å². The molecule has 0 atom stereocenters. The number of hydrogen-bond acceptors (Lipinski definition) is 2. The van der Waals surface area contributed by atoms with E-state index in [0.717, 1.165) is 22.0 Å². The van der Waals surface area contributed by atoms with Crippen molar-refractivity contribution in [2.75, 3.05) is 11.1 Å². The normalized spacial score (nSPS) is 10.3. The molecular weight excluding hydrogens is 290 g/mol. The first kappa shape index (κ1) is 14.9. The number of rotatable bonds is 5. The highest BCUT2D eigenvalue weighted by atomic mass is 35.5. The summed E-state index contributed by atoms with van der Waals surface area (Å²) in [6.07, 6.45) is 0. The molecule has 0 aliphatic heterocycles. The lowest BCUT2D eigenvalue weighted by Gasteiger charge is -2.06. The summed E-state index contributed by atoms with van der Waals surface area (Å²) in [5, 5.41) is 3.63. The number of aryl methyl sites for hydroxylation is 1. The Morgan fingerprint density at radius 2 is 1.85 bits per heavy atom. The number of hydrogen-bond donors (Lipinski definition) is 1. The van der Waals surface area contributed by atoms with E-state index in [1.807, 2.05) is 55.5 Å². The fourth-order valence-electron chi connectivity index (χ4n) is 1.70. The van der Waals surface area contributed by atoms with Crippen LogP contribution in [0.1, 0.15) is 11.1 Å². The Balaban J connectivity index is 1.78. The van der Waals surface area contributed by atoms with Gasteiger partial charge in [-0.05, 0) is 30.7 Å². The lowest BCUT2D eigenvalue weighted by atomic mass is 10.2. The molecule has 0 aliphatic rings. The van der Waals surface area contributed by atoms with Gasteiger partial charge < -0.3 is 5.32 Å². The zero-order valence-electron chi connectivity index (χ0n) is 11.2. The molecule has 2 nitrogen and oxygen atoms in total. The number of benzene rings is 2. The number of halogens is 1. The predicted octanol–water partition coefficient (Wildman–Crippen LogP) is 4.52. The van der Waals surface area contributed by atoms with Crippen LogP contribution in [-0.4, -0.2) is 11.7 Å². The maximum absolute atomic E-state index is 11.8. The molecule has 0 spiro atoms. The second kappa shape index (κ2) is 7.36. The lowest BCUT2D eigenvalue weighted by molar-refractivity contribution is -0.113. The molecule has 2 aromatic carbocycles. The Bertz CT molecular complexity index is 583. The molecule has 0 aromatic heterocycles. The summed E-state index contributed by atoms with van der Waals surface area (Å²) in [6.45, 7) is 2.02. The highest BCUT2D eigenvalue weighted by molar-refractivity contribution is 7.99. The van der Waals surface area contributed by atoms with Gasteiger partial charge in [0.25, 0.3) is 0 Å². The van der Waals surface area contributed by atoms with Gasteiger partial charge in [0.05, 0.1) is 5.75 Å². The van der Waals surface area contributed by atoms with E-state index in [9.17, 15) is 4.79 Å². The first-order chi connectivity index (χ1) is 9.65. The van der Waals surface area contributed by atoms with Crippen molar-refractivity contribution in [1.82, 2.24) is 0 Å². The maximum Gasteiger partial charge on any atom is 0.234 e. The number of anilines is 1. The molecule has 104 valence electrons. The zero-order valence-corrected chi connectivity index (χ0v) is 12.8. The van der Waals surface area contributed by atoms with E-state index in [1.54, 1.807) is 11.8 Å². The van der Waals surface area contributed by atoms with Gasteiger partial charge in [-0.15, -0.1) is 11.8 Å². The van der Waals surface area contributed by atoms with E-state index in [1.165, 1.54) is 5.56 Å². The Morgan fingerprint density at radius 1 is 1.15 bits per heavy atom. The first-order valence-corrected chi connectivity index (χ1v) is 7.86. The van der Waals surface area contributed by atoms with E-state index in [2.05, 4.69) is 5.32 Å². The van der Waals surface area contributed by atoms with Gasteiger partial charge in [-0.1, -0.05) is 47.5 Å². The number of carbonyl (C=O) groups excluding carboxylic acids is 1. The van der Waals surface area contributed by atoms with Gasteiger partial charge in [0, 0.05) is 16.5 Å². The maximum atomic E-state index is 11.8. The number of thioether (sulfide) groups is 1. The minimum Gasteiger partial charge on any atom is -0.325 e. The summed E-state index contributed by atoms with van der Waals surface area (Å²) in [5.74, 6) is 1.16. The predicted molar refractivity (Wildman–Crippen MR) is 87.4 cm³/mol. The van der Waals surface area contributed by atoms with Gasteiger partial charge >= 0.3 is 0 Å². The highest BCUT2D eigenvalue weighted by Crippen LogP contribution is 2.20. The molecule has 4 heteroatoms. The minimum absolute atomic E-state index is 0.00547. The van der Waals surface area contributed by atoms with Gasteiger partial charge in [0.2, 0.25) is 5.91 Å². The second-order valence-electron chi connectivity index (χ2n) is 4.50. The van der Waals surface area contributed by atoms with Crippen LogP contribution in [-0.2, 0) is 10.5 Å². The van der Waals surface area contributed by atoms with Crippen molar-refractivity contribution in [1.29, 1.82) is 0 Å². The number of nitrogens with one attached hydrogen (secondary N) is 1. The summed E-state index contributed by atoms with van der Waals surface area (Å²) in [7, 11) is 0. The van der Waals surface area contributed by atoms with Crippen LogP contribution in [0, 0.1) is 6.92 Å². The average Bonchev–Trinajstić information content (AvgIpc) is 2.43. The molecule has 0 aliphatic carbocycles. The van der Waals surface area contributed by atoms with Crippen LogP contribution in [0.5, 0.6) is 0 Å². The van der Waals surface area contributed by atoms with Gasteiger partial charge in [0.15, 0.2) is 0 Å². The van der Waals surface area contributed by atoms with Crippen molar-refractivity contribution < 1.29 is 4.79 Å². The van der Waals surface area contributed by atoms with E-state index < -0.39 is 0 Å². The molecular formula is C16H16ClNOS. The summed E-state index contributed by atoms with van der Waals surface area (Å²) in [5.41, 5.74) is 3.07. The Kier molecular flexibility index (Phi) is 5.50. The van der Waals surface area contributed by atoms with Gasteiger partial charge in [-0.2, -0.15) is 0 Å². The molecule has 0 heterocycles. The standard InChI is InChI=1S/C16H16ClNOS/c1-12-6-8-14(9-7-12)18-16(19)11-20-10-13-4-2-3-5-15(13)17/h2-9H,10-11H2,1H3,(H,18,19). The van der Waals surface area contributed by atoms with Crippen molar-refractivity contribution in [2.45, 2.75) is 12.7 Å². The molecule has 0 unspecified atom stereocenters. The average molecular weight is 306 g/mol. The summed E-state index contributed by atoms with van der Waals surface area (Å²) in [4.78, 5) is 11.8. The van der Waals surface area contributed by atoms with Crippen LogP contribution in [0.15, 0.2) is 48.5 Å². The number of amides is 1. The molecule has 2 rings (SSSR count). The molecule has 0 fully saturated rings. The van der Waals surface area contributed by atoms with E-state index >= 15 is 0 Å². The summed E-state index contributed by atoms with van der Waals surface area (Å²) in [6, 6.07) is 15.5. The monoisotopic (exact) mass is 305 g/mol. The summed E-state index contributed by atoms with van der Waals surface area (Å²) < 4.78 is 0. The SMILES string of the molecule is Cc1ccc(NC(=O)CSCc2ccccc2Cl)cc1. The third-order valence-corrected chi connectivity index (χ3v) is 4.13. The molecule has 0 radical (unpaired) electrons. The topological polar surface area (TPSA) is 29.1 Å². The fourth-order valence-corrected chi connectivity index (χ4v) is 2.82. The molecule has 1 amide bonds. The van der Waals surface area contributed by atoms with Crippen molar-refractivity contribution in [2.24, 2.45) is 0 Å². The smallest absolute Gasteiger partial charge is 0.234 e. The van der Waals surface area contributed by atoms with E-state index in [0.29, 0.717) is 5.75 Å². The van der Waals surface area contributed by atoms with Crippen LogP contribution in [0.2, 0.25) is 5.02 Å². The first-order valence-electron chi connectivity index (χ1n) is 6.33. The Hall–Kier alpha value is -1.45. The summed E-state index contributed by atoms with van der Waals surface area (Å²) >= 11 is 7.62. The van der Waals surface area contributed by atoms with E-state index in [4.69, 9.17) is 11.6 Å². The molecule has 0 bridgehead atoms. The largest absolute Gasteiger partial charge is 0.325 e. The number of carbonyl (C=O) groups is 1. The Morgan fingerprint density at radius 3 is 2.55 bits per heavy atom. The van der Waals surface area contributed by atoms with Crippen LogP contribution in [0.25, 0.3) is 0 Å². The molecule has 0 saturated heterocycles. The fraction of sp³-hybridized carbons (Fsp3) is 0.188. The molecule has 0 saturated carbocycles. The Labute approximate surface area is 128 Å². The minimum atomic E-state index is 0.00547. The second-order valence-corrected chi connectivity index (χ2v) is 5.89. The quantitative estimate of drug-likeness (QED) is 0.880. The van der Waals surface area contributed by atoms with Gasteiger partial charge in [-0.25, -0.2) is 0 Å². The third kappa shape index (κ3) is 4.58. The molecule has 20 heavy (non-hydrogen) atoms. The van der Waals surface area contributed by atoms with Gasteiger partial charge in [-0.3, -0.25) is 4.79 Å². The van der Waals surface area contributed by atoms with Crippen molar-refractivity contribution >= 4 is 35.0 Å². The van der Waals surface area contributed by atoms with Crippen LogP contribution >= 0.6 is 23.4 Å². The van der Waals surface area contributed by atoms with E-state index in [-0.39, 0.29) is 5.91 Å². The van der Waals surface area contributed by atoms with Crippen molar-refractivity contribution in [3.8, 4) is 0 Å². The van der Waals surface area contributed by atoms with Crippen molar-refractivity contribution in [3.05, 3.63) is 64.7 Å². The third-order valence-electron chi connectivity index (χ3n) is 2.78. The lowest BCUT2D eigenvalue weighted by Crippen LogP contribution is -2.14. The van der Waals surface area contributed by atoms with Gasteiger partial charge in [0.1, 0.15) is 0 Å².